The summed E-state index contributed by atoms with van der Waals surface area (Å²) in [6.45, 7) is 0. The molecular formula is C18H13BrN2O2. The average molecular weight is 369 g/mol. The van der Waals surface area contributed by atoms with Gasteiger partial charge in [0.05, 0.1) is 23.7 Å². The van der Waals surface area contributed by atoms with Crippen LogP contribution in [0.2, 0.25) is 0 Å². The summed E-state index contributed by atoms with van der Waals surface area (Å²) in [5, 5.41) is 5.45. The number of ether oxygens (including phenoxy) is 1. The zero-order valence-corrected chi connectivity index (χ0v) is 13.9. The van der Waals surface area contributed by atoms with Crippen molar-refractivity contribution in [3.8, 4) is 11.4 Å². The van der Waals surface area contributed by atoms with Crippen LogP contribution in [0, 0.1) is 0 Å². The zero-order chi connectivity index (χ0) is 16.0. The van der Waals surface area contributed by atoms with Gasteiger partial charge in [0, 0.05) is 15.2 Å². The van der Waals surface area contributed by atoms with Gasteiger partial charge in [-0.2, -0.15) is 0 Å². The number of aromatic amines is 1. The van der Waals surface area contributed by atoms with Gasteiger partial charge >= 0.3 is 0 Å². The van der Waals surface area contributed by atoms with E-state index < -0.39 is 0 Å². The predicted octanol–water partition coefficient (Wildman–Crippen LogP) is 4.24. The quantitative estimate of drug-likeness (QED) is 0.575. The van der Waals surface area contributed by atoms with Crippen LogP contribution in [0.3, 0.4) is 0 Å². The second-order valence-corrected chi connectivity index (χ2v) is 6.19. The summed E-state index contributed by atoms with van der Waals surface area (Å²) in [5.41, 5.74) is 1.63. The Kier molecular flexibility index (Phi) is 3.23. The Balaban J connectivity index is 2.21. The van der Waals surface area contributed by atoms with Crippen LogP contribution < -0.4 is 10.3 Å². The summed E-state index contributed by atoms with van der Waals surface area (Å²) in [4.78, 5) is 12.4. The van der Waals surface area contributed by atoms with Crippen molar-refractivity contribution in [2.45, 2.75) is 0 Å². The lowest BCUT2D eigenvalue weighted by Gasteiger charge is -2.10. The fraction of sp³-hybridized carbons (Fsp3) is 0.0556. The lowest BCUT2D eigenvalue weighted by Crippen LogP contribution is -2.03. The first kappa shape index (κ1) is 14.1. The Hall–Kier alpha value is -2.53. The van der Waals surface area contributed by atoms with Crippen molar-refractivity contribution in [3.63, 3.8) is 0 Å². The summed E-state index contributed by atoms with van der Waals surface area (Å²) >= 11 is 3.50. The second-order valence-electron chi connectivity index (χ2n) is 5.28. The van der Waals surface area contributed by atoms with Gasteiger partial charge in [-0.05, 0) is 30.3 Å². The molecule has 0 spiro atoms. The molecule has 4 rings (SSSR count). The number of methoxy groups -OCH3 is 1. The molecule has 1 aromatic heterocycles. The maximum absolute atomic E-state index is 12.4. The molecule has 4 aromatic rings. The molecule has 0 amide bonds. The van der Waals surface area contributed by atoms with Gasteiger partial charge in [0.15, 0.2) is 0 Å². The van der Waals surface area contributed by atoms with E-state index >= 15 is 0 Å². The fourth-order valence-corrected chi connectivity index (χ4v) is 3.28. The number of benzene rings is 3. The standard InChI is InChI=1S/C18H13BrN2O2/c1-23-16-10-15-17(13-8-7-11(19)9-14(13)16)21(20-18(15)22)12-5-3-2-4-6-12/h2-10H,1H3,(H,20,22). The number of H-pyrrole nitrogens is 1. The lowest BCUT2D eigenvalue weighted by molar-refractivity contribution is 0.420. The van der Waals surface area contributed by atoms with Gasteiger partial charge in [-0.3, -0.25) is 14.6 Å². The van der Waals surface area contributed by atoms with Crippen LogP contribution in [0.15, 0.2) is 63.9 Å². The molecule has 0 saturated carbocycles. The third-order valence-electron chi connectivity index (χ3n) is 3.95. The van der Waals surface area contributed by atoms with Crippen LogP contribution in [-0.2, 0) is 0 Å². The third kappa shape index (κ3) is 2.16. The van der Waals surface area contributed by atoms with E-state index in [4.69, 9.17) is 4.74 Å². The molecule has 3 aromatic carbocycles. The van der Waals surface area contributed by atoms with Crippen molar-refractivity contribution < 1.29 is 4.74 Å². The summed E-state index contributed by atoms with van der Waals surface area (Å²) in [6.07, 6.45) is 0. The van der Waals surface area contributed by atoms with Crippen LogP contribution in [0.4, 0.5) is 0 Å². The molecule has 4 nitrogen and oxygen atoms in total. The number of fused-ring (bicyclic) bond motifs is 3. The third-order valence-corrected chi connectivity index (χ3v) is 4.44. The van der Waals surface area contributed by atoms with Gasteiger partial charge in [0.25, 0.3) is 5.56 Å². The molecule has 0 aliphatic carbocycles. The highest BCUT2D eigenvalue weighted by molar-refractivity contribution is 9.10. The number of rotatable bonds is 2. The number of hydrogen-bond donors (Lipinski definition) is 1. The van der Waals surface area contributed by atoms with Crippen molar-refractivity contribution in [2.75, 3.05) is 7.11 Å². The maximum Gasteiger partial charge on any atom is 0.272 e. The van der Waals surface area contributed by atoms with E-state index in [1.807, 2.05) is 53.2 Å². The van der Waals surface area contributed by atoms with Gasteiger partial charge in [-0.1, -0.05) is 40.2 Å². The minimum Gasteiger partial charge on any atom is -0.496 e. The van der Waals surface area contributed by atoms with Gasteiger partial charge in [0.2, 0.25) is 0 Å². The van der Waals surface area contributed by atoms with E-state index in [9.17, 15) is 4.79 Å². The Morgan fingerprint density at radius 3 is 2.52 bits per heavy atom. The number of nitrogens with one attached hydrogen (secondary N) is 1. The smallest absolute Gasteiger partial charge is 0.272 e. The zero-order valence-electron chi connectivity index (χ0n) is 12.3. The van der Waals surface area contributed by atoms with E-state index in [-0.39, 0.29) is 5.56 Å². The summed E-state index contributed by atoms with van der Waals surface area (Å²) < 4.78 is 8.27. The maximum atomic E-state index is 12.4. The molecule has 0 unspecified atom stereocenters. The Morgan fingerprint density at radius 2 is 1.78 bits per heavy atom. The first-order chi connectivity index (χ1) is 11.2. The molecule has 0 bridgehead atoms. The molecule has 23 heavy (non-hydrogen) atoms. The molecule has 114 valence electrons. The number of aromatic nitrogens is 2. The lowest BCUT2D eigenvalue weighted by atomic mass is 10.1. The van der Waals surface area contributed by atoms with E-state index in [1.165, 1.54) is 0 Å². The minimum absolute atomic E-state index is 0.132. The molecular weight excluding hydrogens is 356 g/mol. The van der Waals surface area contributed by atoms with Crippen molar-refractivity contribution in [2.24, 2.45) is 0 Å². The number of hydrogen-bond acceptors (Lipinski definition) is 2. The highest BCUT2D eigenvalue weighted by Gasteiger charge is 2.15. The van der Waals surface area contributed by atoms with Crippen LogP contribution in [-0.4, -0.2) is 16.9 Å². The predicted molar refractivity (Wildman–Crippen MR) is 95.7 cm³/mol. The van der Waals surface area contributed by atoms with E-state index in [0.29, 0.717) is 11.1 Å². The first-order valence-corrected chi connectivity index (χ1v) is 7.95. The van der Waals surface area contributed by atoms with Gasteiger partial charge < -0.3 is 4.74 Å². The van der Waals surface area contributed by atoms with Crippen molar-refractivity contribution in [1.29, 1.82) is 0 Å². The molecule has 0 aliphatic heterocycles. The van der Waals surface area contributed by atoms with Crippen molar-refractivity contribution >= 4 is 37.6 Å². The van der Waals surface area contributed by atoms with Crippen LogP contribution >= 0.6 is 15.9 Å². The highest BCUT2D eigenvalue weighted by Crippen LogP contribution is 2.34. The normalized spacial score (nSPS) is 11.2. The molecule has 0 aliphatic rings. The molecule has 1 N–H and O–H groups in total. The second kappa shape index (κ2) is 5.28. The molecule has 0 fully saturated rings. The Labute approximate surface area is 140 Å². The van der Waals surface area contributed by atoms with Crippen molar-refractivity contribution in [3.05, 3.63) is 69.4 Å². The highest BCUT2D eigenvalue weighted by atomic mass is 79.9. The summed E-state index contributed by atoms with van der Waals surface area (Å²) in [5.74, 6) is 0.685. The van der Waals surface area contributed by atoms with Crippen LogP contribution in [0.5, 0.6) is 5.75 Å². The number of nitrogens with zero attached hydrogens (tertiary/aromatic N) is 1. The van der Waals surface area contributed by atoms with Gasteiger partial charge in [-0.25, -0.2) is 0 Å². The minimum atomic E-state index is -0.132. The first-order valence-electron chi connectivity index (χ1n) is 7.15. The monoisotopic (exact) mass is 368 g/mol. The molecule has 0 radical (unpaired) electrons. The summed E-state index contributed by atoms with van der Waals surface area (Å²) in [6, 6.07) is 17.5. The molecule has 0 saturated heterocycles. The topological polar surface area (TPSA) is 47.0 Å². The Morgan fingerprint density at radius 1 is 1.00 bits per heavy atom. The van der Waals surface area contributed by atoms with E-state index in [2.05, 4.69) is 21.0 Å². The average Bonchev–Trinajstić information content (AvgIpc) is 2.91. The van der Waals surface area contributed by atoms with Crippen molar-refractivity contribution in [1.82, 2.24) is 9.78 Å². The molecule has 5 heteroatoms. The fourth-order valence-electron chi connectivity index (χ4n) is 2.92. The van der Waals surface area contributed by atoms with Gasteiger partial charge in [-0.15, -0.1) is 0 Å². The largest absolute Gasteiger partial charge is 0.496 e. The van der Waals surface area contributed by atoms with Crippen LogP contribution in [0.25, 0.3) is 27.4 Å². The van der Waals surface area contributed by atoms with E-state index in [0.717, 1.165) is 26.4 Å². The Bertz CT molecular complexity index is 1080. The van der Waals surface area contributed by atoms with Crippen LogP contribution in [0.1, 0.15) is 0 Å². The molecule has 1 heterocycles. The van der Waals surface area contributed by atoms with E-state index in [1.54, 1.807) is 13.2 Å². The number of halogens is 1. The SMILES string of the molecule is COc1cc2c(=O)[nH]n(-c3ccccc3)c2c2ccc(Br)cc12. The summed E-state index contributed by atoms with van der Waals surface area (Å²) in [7, 11) is 1.61. The molecule has 0 atom stereocenters. The number of para-hydroxylation sites is 1. The van der Waals surface area contributed by atoms with Gasteiger partial charge in [0.1, 0.15) is 5.75 Å².